The van der Waals surface area contributed by atoms with E-state index in [1.54, 1.807) is 6.07 Å². The zero-order valence-corrected chi connectivity index (χ0v) is 10.7. The summed E-state index contributed by atoms with van der Waals surface area (Å²) < 4.78 is 5.31. The fraction of sp³-hybridized carbons (Fsp3) is 0.636. The van der Waals surface area contributed by atoms with E-state index in [-0.39, 0.29) is 6.10 Å². The summed E-state index contributed by atoms with van der Waals surface area (Å²) in [5, 5.41) is 9.74. The van der Waals surface area contributed by atoms with Crippen LogP contribution in [-0.4, -0.2) is 60.6 Å². The first-order valence-corrected chi connectivity index (χ1v) is 6.40. The van der Waals surface area contributed by atoms with Gasteiger partial charge in [-0.05, 0) is 0 Å². The third-order valence-electron chi connectivity index (χ3n) is 3.15. The summed E-state index contributed by atoms with van der Waals surface area (Å²) in [6.07, 6.45) is -0.278. The molecule has 2 aliphatic rings. The molecule has 0 spiro atoms. The Labute approximate surface area is 110 Å². The van der Waals surface area contributed by atoms with E-state index in [1.807, 2.05) is 4.90 Å². The molecule has 1 N–H and O–H groups in total. The highest BCUT2D eigenvalue weighted by Crippen LogP contribution is 2.23. The number of nitrogens with zero attached hydrogens (tertiary/aromatic N) is 4. The summed E-state index contributed by atoms with van der Waals surface area (Å²) in [5.74, 6) is 1.42. The van der Waals surface area contributed by atoms with Gasteiger partial charge in [-0.1, -0.05) is 11.6 Å². The number of aliphatic hydroxyl groups is 1. The van der Waals surface area contributed by atoms with Gasteiger partial charge in [-0.15, -0.1) is 0 Å². The van der Waals surface area contributed by atoms with Gasteiger partial charge < -0.3 is 19.6 Å². The van der Waals surface area contributed by atoms with Crippen LogP contribution in [0.15, 0.2) is 6.07 Å². The molecule has 0 aromatic carbocycles. The number of ether oxygens (including phenoxy) is 1. The number of rotatable bonds is 2. The molecule has 0 unspecified atom stereocenters. The molecule has 1 aromatic heterocycles. The first-order valence-electron chi connectivity index (χ1n) is 6.02. The van der Waals surface area contributed by atoms with Crippen molar-refractivity contribution < 1.29 is 9.84 Å². The van der Waals surface area contributed by atoms with Crippen molar-refractivity contribution in [1.82, 2.24) is 9.97 Å². The van der Waals surface area contributed by atoms with E-state index in [0.29, 0.717) is 37.4 Å². The Morgan fingerprint density at radius 2 is 1.94 bits per heavy atom. The average molecular weight is 271 g/mol. The van der Waals surface area contributed by atoms with Crippen molar-refractivity contribution in [2.45, 2.75) is 6.10 Å². The first kappa shape index (κ1) is 12.0. The maximum Gasteiger partial charge on any atom is 0.228 e. The van der Waals surface area contributed by atoms with Gasteiger partial charge in [-0.2, -0.15) is 4.98 Å². The predicted molar refractivity (Wildman–Crippen MR) is 68.3 cm³/mol. The zero-order valence-electron chi connectivity index (χ0n) is 9.92. The summed E-state index contributed by atoms with van der Waals surface area (Å²) in [4.78, 5) is 12.8. The van der Waals surface area contributed by atoms with Crippen molar-refractivity contribution in [3.63, 3.8) is 0 Å². The Morgan fingerprint density at radius 1 is 1.22 bits per heavy atom. The molecule has 1 aromatic rings. The lowest BCUT2D eigenvalue weighted by atomic mass is 10.2. The fourth-order valence-electron chi connectivity index (χ4n) is 2.11. The van der Waals surface area contributed by atoms with Crippen LogP contribution in [0, 0.1) is 0 Å². The predicted octanol–water partition coefficient (Wildman–Crippen LogP) is 0.147. The van der Waals surface area contributed by atoms with Crippen molar-refractivity contribution in [2.75, 3.05) is 49.2 Å². The Hall–Kier alpha value is -1.11. The molecule has 0 radical (unpaired) electrons. The topological polar surface area (TPSA) is 61.7 Å². The van der Waals surface area contributed by atoms with Crippen molar-refractivity contribution in [3.05, 3.63) is 11.2 Å². The fourth-order valence-corrected chi connectivity index (χ4v) is 2.28. The Bertz CT molecular complexity index is 433. The van der Waals surface area contributed by atoms with Gasteiger partial charge in [0.25, 0.3) is 0 Å². The summed E-state index contributed by atoms with van der Waals surface area (Å²) in [6.45, 7) is 4.19. The number of halogens is 1. The molecular weight excluding hydrogens is 256 g/mol. The van der Waals surface area contributed by atoms with Crippen LogP contribution in [-0.2, 0) is 4.74 Å². The van der Waals surface area contributed by atoms with Crippen LogP contribution in [0.2, 0.25) is 5.15 Å². The zero-order chi connectivity index (χ0) is 12.5. The van der Waals surface area contributed by atoms with Gasteiger partial charge in [0.15, 0.2) is 0 Å². The van der Waals surface area contributed by atoms with Crippen LogP contribution in [0.5, 0.6) is 0 Å². The van der Waals surface area contributed by atoms with Crippen LogP contribution in [0.1, 0.15) is 0 Å². The molecule has 0 saturated carbocycles. The standard InChI is InChI=1S/C11H15ClN4O2/c12-9-5-10(15-1-3-18-4-2-15)14-11(13-9)16-6-8(17)7-16/h5,8,17H,1-4,6-7H2. The third kappa shape index (κ3) is 2.36. The van der Waals surface area contributed by atoms with Gasteiger partial charge in [-0.3, -0.25) is 0 Å². The SMILES string of the molecule is OC1CN(c2nc(Cl)cc(N3CCOCC3)n2)C1. The molecular formula is C11H15ClN4O2. The molecule has 0 aliphatic carbocycles. The molecule has 18 heavy (non-hydrogen) atoms. The van der Waals surface area contributed by atoms with E-state index in [2.05, 4.69) is 14.9 Å². The van der Waals surface area contributed by atoms with E-state index in [1.165, 1.54) is 0 Å². The maximum absolute atomic E-state index is 9.31. The second-order valence-electron chi connectivity index (χ2n) is 4.51. The van der Waals surface area contributed by atoms with Crippen LogP contribution in [0.4, 0.5) is 11.8 Å². The monoisotopic (exact) mass is 270 g/mol. The number of aliphatic hydroxyl groups excluding tert-OH is 1. The number of β-amino-alcohol motifs (C(OH)–C–C–N with tert-alkyl or cyclic N) is 1. The largest absolute Gasteiger partial charge is 0.389 e. The molecule has 0 amide bonds. The Kier molecular flexibility index (Phi) is 3.23. The minimum atomic E-state index is -0.278. The minimum absolute atomic E-state index is 0.278. The lowest BCUT2D eigenvalue weighted by Gasteiger charge is -2.36. The summed E-state index contributed by atoms with van der Waals surface area (Å²) in [6, 6.07) is 1.77. The molecule has 98 valence electrons. The molecule has 2 saturated heterocycles. The van der Waals surface area contributed by atoms with E-state index < -0.39 is 0 Å². The third-order valence-corrected chi connectivity index (χ3v) is 3.34. The van der Waals surface area contributed by atoms with Crippen molar-refractivity contribution in [2.24, 2.45) is 0 Å². The molecule has 2 fully saturated rings. The first-order chi connectivity index (χ1) is 8.72. The molecule has 3 rings (SSSR count). The number of anilines is 2. The molecule has 6 nitrogen and oxygen atoms in total. The van der Waals surface area contributed by atoms with Crippen LogP contribution in [0.25, 0.3) is 0 Å². The molecule has 2 aliphatic heterocycles. The molecule has 0 atom stereocenters. The smallest absolute Gasteiger partial charge is 0.228 e. The van der Waals surface area contributed by atoms with E-state index in [4.69, 9.17) is 16.3 Å². The second kappa shape index (κ2) is 4.87. The van der Waals surface area contributed by atoms with Gasteiger partial charge in [0.05, 0.1) is 19.3 Å². The molecule has 3 heterocycles. The maximum atomic E-state index is 9.31. The van der Waals surface area contributed by atoms with Gasteiger partial charge in [-0.25, -0.2) is 4.98 Å². The lowest BCUT2D eigenvalue weighted by molar-refractivity contribution is 0.122. The lowest BCUT2D eigenvalue weighted by Crippen LogP contribution is -2.51. The summed E-state index contributed by atoms with van der Waals surface area (Å²) in [5.41, 5.74) is 0. The van der Waals surface area contributed by atoms with Crippen molar-refractivity contribution >= 4 is 23.4 Å². The minimum Gasteiger partial charge on any atom is -0.389 e. The van der Waals surface area contributed by atoms with E-state index in [9.17, 15) is 5.11 Å². The van der Waals surface area contributed by atoms with Gasteiger partial charge >= 0.3 is 0 Å². The molecule has 0 bridgehead atoms. The average Bonchev–Trinajstić information content (AvgIpc) is 2.35. The number of aromatic nitrogens is 2. The van der Waals surface area contributed by atoms with Gasteiger partial charge in [0.2, 0.25) is 5.95 Å². The van der Waals surface area contributed by atoms with Gasteiger partial charge in [0, 0.05) is 32.2 Å². The number of hydrogen-bond donors (Lipinski definition) is 1. The van der Waals surface area contributed by atoms with Crippen molar-refractivity contribution in [3.8, 4) is 0 Å². The van der Waals surface area contributed by atoms with Crippen molar-refractivity contribution in [1.29, 1.82) is 0 Å². The number of morpholine rings is 1. The van der Waals surface area contributed by atoms with E-state index >= 15 is 0 Å². The normalized spacial score (nSPS) is 21.0. The second-order valence-corrected chi connectivity index (χ2v) is 4.89. The Balaban J connectivity index is 1.81. The highest BCUT2D eigenvalue weighted by atomic mass is 35.5. The summed E-state index contributed by atoms with van der Waals surface area (Å²) >= 11 is 6.03. The molecule has 7 heteroatoms. The van der Waals surface area contributed by atoms with Crippen LogP contribution >= 0.6 is 11.6 Å². The van der Waals surface area contributed by atoms with Crippen LogP contribution in [0.3, 0.4) is 0 Å². The highest BCUT2D eigenvalue weighted by Gasteiger charge is 2.27. The summed E-state index contributed by atoms with van der Waals surface area (Å²) in [7, 11) is 0. The Morgan fingerprint density at radius 3 is 2.61 bits per heavy atom. The van der Waals surface area contributed by atoms with E-state index in [0.717, 1.165) is 18.9 Å². The van der Waals surface area contributed by atoms with Crippen LogP contribution < -0.4 is 9.80 Å². The van der Waals surface area contributed by atoms with Gasteiger partial charge in [0.1, 0.15) is 11.0 Å². The quantitative estimate of drug-likeness (QED) is 0.772. The number of hydrogen-bond acceptors (Lipinski definition) is 6. The highest BCUT2D eigenvalue weighted by molar-refractivity contribution is 6.29.